The van der Waals surface area contributed by atoms with Crippen molar-refractivity contribution >= 4 is 11.4 Å². The van der Waals surface area contributed by atoms with E-state index in [2.05, 4.69) is 111 Å². The van der Waals surface area contributed by atoms with Crippen LogP contribution in [0.1, 0.15) is 0 Å². The van der Waals surface area contributed by atoms with Crippen molar-refractivity contribution in [2.24, 2.45) is 0 Å². The van der Waals surface area contributed by atoms with E-state index in [4.69, 9.17) is 0 Å². The van der Waals surface area contributed by atoms with Gasteiger partial charge in [-0.25, -0.2) is 0 Å². The maximum absolute atomic E-state index is 3.55. The minimum Gasteiger partial charge on any atom is -0.378 e. The van der Waals surface area contributed by atoms with Gasteiger partial charge in [0.25, 0.3) is 0 Å². The summed E-state index contributed by atoms with van der Waals surface area (Å²) in [5.74, 6) is 0. The smallest absolute Gasteiger partial charge is 0.0361 e. The summed E-state index contributed by atoms with van der Waals surface area (Å²) in [6.07, 6.45) is 0. The molecule has 0 aliphatic rings. The number of benzene rings is 3. The Bertz CT molecular complexity index is 733. The van der Waals surface area contributed by atoms with E-state index < -0.39 is 0 Å². The Morgan fingerprint density at radius 3 is 1.25 bits per heavy atom. The van der Waals surface area contributed by atoms with Crippen molar-refractivity contribution < 1.29 is 0 Å². The van der Waals surface area contributed by atoms with Gasteiger partial charge in [-0.15, -0.1) is 0 Å². The molecule has 3 rings (SSSR count). The van der Waals surface area contributed by atoms with E-state index in [-0.39, 0.29) is 0 Å². The van der Waals surface area contributed by atoms with Gasteiger partial charge >= 0.3 is 0 Å². The van der Waals surface area contributed by atoms with Crippen LogP contribution in [0, 0.1) is 6.07 Å². The SMILES string of the molecule is CN(C)c1ccc(-c2[c]c(-c3ccc(N(C)C)cc3)ccc2)cc1. The van der Waals surface area contributed by atoms with Gasteiger partial charge in [0.1, 0.15) is 0 Å². The monoisotopic (exact) mass is 315 g/mol. The average Bonchev–Trinajstić information content (AvgIpc) is 2.62. The largest absolute Gasteiger partial charge is 0.378 e. The third-order valence-electron chi connectivity index (χ3n) is 4.18. The van der Waals surface area contributed by atoms with Gasteiger partial charge < -0.3 is 9.80 Å². The Morgan fingerprint density at radius 1 is 0.542 bits per heavy atom. The lowest BCUT2D eigenvalue weighted by Crippen LogP contribution is -2.07. The molecule has 0 bridgehead atoms. The molecule has 0 amide bonds. The van der Waals surface area contributed by atoms with Crippen molar-refractivity contribution in [3.8, 4) is 22.3 Å². The zero-order valence-corrected chi connectivity index (χ0v) is 14.7. The molecule has 3 aromatic rings. The van der Waals surface area contributed by atoms with Crippen LogP contribution in [0.4, 0.5) is 11.4 Å². The van der Waals surface area contributed by atoms with E-state index >= 15 is 0 Å². The highest BCUT2D eigenvalue weighted by Crippen LogP contribution is 2.28. The number of hydrogen-bond donors (Lipinski definition) is 0. The first-order chi connectivity index (χ1) is 11.5. The topological polar surface area (TPSA) is 6.48 Å². The summed E-state index contributed by atoms with van der Waals surface area (Å²) in [5, 5.41) is 0. The van der Waals surface area contributed by atoms with E-state index in [1.54, 1.807) is 0 Å². The van der Waals surface area contributed by atoms with Crippen molar-refractivity contribution in [2.45, 2.75) is 0 Å². The molecule has 0 unspecified atom stereocenters. The van der Waals surface area contributed by atoms with Crippen molar-refractivity contribution in [2.75, 3.05) is 38.0 Å². The van der Waals surface area contributed by atoms with Gasteiger partial charge in [-0.2, -0.15) is 0 Å². The highest BCUT2D eigenvalue weighted by Gasteiger charge is 2.04. The molecule has 0 saturated carbocycles. The third kappa shape index (κ3) is 3.43. The molecule has 0 heterocycles. The zero-order chi connectivity index (χ0) is 17.1. The van der Waals surface area contributed by atoms with E-state index in [1.165, 1.54) is 22.5 Å². The zero-order valence-electron chi connectivity index (χ0n) is 14.7. The lowest BCUT2D eigenvalue weighted by atomic mass is 9.99. The Kier molecular flexibility index (Phi) is 4.57. The standard InChI is InChI=1S/C22H23N2/c1-23(2)21-12-8-17(9-13-21)19-6-5-7-20(16-19)18-10-14-22(15-11-18)24(3)4/h5-15H,1-4H3. The lowest BCUT2D eigenvalue weighted by Gasteiger charge is -2.14. The molecule has 1 radical (unpaired) electrons. The Labute approximate surface area is 145 Å². The molecule has 2 nitrogen and oxygen atoms in total. The molecule has 0 saturated heterocycles. The summed E-state index contributed by atoms with van der Waals surface area (Å²) < 4.78 is 0. The normalized spacial score (nSPS) is 10.5. The van der Waals surface area contributed by atoms with Crippen LogP contribution < -0.4 is 9.80 Å². The summed E-state index contributed by atoms with van der Waals surface area (Å²) in [7, 11) is 8.22. The van der Waals surface area contributed by atoms with Crippen LogP contribution in [0.3, 0.4) is 0 Å². The predicted octanol–water partition coefficient (Wildman–Crippen LogP) is 4.95. The van der Waals surface area contributed by atoms with E-state index in [0.717, 1.165) is 11.1 Å². The Hall–Kier alpha value is -2.74. The minimum absolute atomic E-state index is 1.12. The molecule has 2 heteroatoms. The van der Waals surface area contributed by atoms with Gasteiger partial charge in [0, 0.05) is 39.6 Å². The van der Waals surface area contributed by atoms with Crippen molar-refractivity contribution in [3.05, 3.63) is 72.8 Å². The summed E-state index contributed by atoms with van der Waals surface area (Å²) in [6.45, 7) is 0. The maximum atomic E-state index is 3.55. The Morgan fingerprint density at radius 2 is 0.917 bits per heavy atom. The number of anilines is 2. The van der Waals surface area contributed by atoms with E-state index in [1.807, 2.05) is 0 Å². The lowest BCUT2D eigenvalue weighted by molar-refractivity contribution is 1.13. The van der Waals surface area contributed by atoms with Crippen LogP contribution in [0.5, 0.6) is 0 Å². The molecule has 0 spiro atoms. The van der Waals surface area contributed by atoms with Crippen LogP contribution in [0.25, 0.3) is 22.3 Å². The van der Waals surface area contributed by atoms with Crippen LogP contribution in [-0.2, 0) is 0 Å². The van der Waals surface area contributed by atoms with Gasteiger partial charge in [0.2, 0.25) is 0 Å². The molecule has 0 aliphatic carbocycles. The van der Waals surface area contributed by atoms with Crippen LogP contribution in [0.15, 0.2) is 66.7 Å². The van der Waals surface area contributed by atoms with Gasteiger partial charge in [-0.1, -0.05) is 42.5 Å². The van der Waals surface area contributed by atoms with Crippen molar-refractivity contribution in [1.29, 1.82) is 0 Å². The maximum Gasteiger partial charge on any atom is 0.0361 e. The van der Waals surface area contributed by atoms with Gasteiger partial charge in [0.05, 0.1) is 0 Å². The molecule has 0 atom stereocenters. The molecule has 24 heavy (non-hydrogen) atoms. The second-order valence-electron chi connectivity index (χ2n) is 6.36. The van der Waals surface area contributed by atoms with Crippen molar-refractivity contribution in [3.63, 3.8) is 0 Å². The number of hydrogen-bond acceptors (Lipinski definition) is 2. The average molecular weight is 315 g/mol. The molecular weight excluding hydrogens is 292 g/mol. The summed E-state index contributed by atoms with van der Waals surface area (Å²) in [6, 6.07) is 27.0. The number of nitrogens with zero attached hydrogens (tertiary/aromatic N) is 2. The van der Waals surface area contributed by atoms with E-state index in [9.17, 15) is 0 Å². The van der Waals surface area contributed by atoms with E-state index in [0.29, 0.717) is 0 Å². The summed E-state index contributed by atoms with van der Waals surface area (Å²) in [4.78, 5) is 4.21. The first-order valence-electron chi connectivity index (χ1n) is 8.12. The summed E-state index contributed by atoms with van der Waals surface area (Å²) >= 11 is 0. The fraction of sp³-hybridized carbons (Fsp3) is 0.182. The molecule has 0 fully saturated rings. The van der Waals surface area contributed by atoms with Gasteiger partial charge in [0.15, 0.2) is 0 Å². The molecule has 0 aromatic heterocycles. The molecule has 0 N–H and O–H groups in total. The van der Waals surface area contributed by atoms with Crippen LogP contribution >= 0.6 is 0 Å². The minimum atomic E-state index is 1.12. The predicted molar refractivity (Wildman–Crippen MR) is 105 cm³/mol. The van der Waals surface area contributed by atoms with Gasteiger partial charge in [-0.3, -0.25) is 0 Å². The molecule has 3 aromatic carbocycles. The molecular formula is C22H23N2. The molecule has 121 valence electrons. The molecule has 0 aliphatic heterocycles. The van der Waals surface area contributed by atoms with Crippen LogP contribution in [0.2, 0.25) is 0 Å². The quantitative estimate of drug-likeness (QED) is 0.672. The fourth-order valence-corrected chi connectivity index (χ4v) is 2.68. The third-order valence-corrected chi connectivity index (χ3v) is 4.18. The van der Waals surface area contributed by atoms with Crippen molar-refractivity contribution in [1.82, 2.24) is 0 Å². The second kappa shape index (κ2) is 6.79. The highest BCUT2D eigenvalue weighted by molar-refractivity contribution is 5.73. The van der Waals surface area contributed by atoms with Crippen LogP contribution in [-0.4, -0.2) is 28.2 Å². The van der Waals surface area contributed by atoms with Gasteiger partial charge in [-0.05, 0) is 52.6 Å². The number of rotatable bonds is 4. The first kappa shape index (κ1) is 16.1. The first-order valence-corrected chi connectivity index (χ1v) is 8.12. The Balaban J connectivity index is 1.91. The summed E-state index contributed by atoms with van der Waals surface area (Å²) in [5.41, 5.74) is 7.02. The fourth-order valence-electron chi connectivity index (χ4n) is 2.68. The second-order valence-corrected chi connectivity index (χ2v) is 6.36. The highest BCUT2D eigenvalue weighted by atomic mass is 15.1.